The number of hydrogen-bond acceptors (Lipinski definition) is 10. The lowest BCUT2D eigenvalue weighted by Crippen LogP contribution is -2.49. The molecule has 0 rings (SSSR count). The van der Waals surface area contributed by atoms with Crippen LogP contribution in [0.15, 0.2) is 50.6 Å². The molecule has 11 heteroatoms. The molecule has 0 aliphatic carbocycles. The third kappa shape index (κ3) is 8.99. The van der Waals surface area contributed by atoms with E-state index in [0.717, 1.165) is 12.2 Å². The van der Waals surface area contributed by atoms with E-state index in [0.29, 0.717) is 12.2 Å². The van der Waals surface area contributed by atoms with E-state index >= 15 is 0 Å². The van der Waals surface area contributed by atoms with Crippen LogP contribution >= 0.6 is 0 Å². The van der Waals surface area contributed by atoms with E-state index < -0.39 is 55.1 Å². The lowest BCUT2D eigenvalue weighted by molar-refractivity contribution is -0.218. The summed E-state index contributed by atoms with van der Waals surface area (Å²) in [4.78, 5) is 56.9. The first-order valence-electron chi connectivity index (χ1n) is 7.36. The molecule has 0 amide bonds. The Labute approximate surface area is 159 Å². The minimum atomic E-state index is -2.11. The van der Waals surface area contributed by atoms with Crippen LogP contribution in [0.4, 0.5) is 4.79 Å². The molecule has 1 N–H and O–H groups in total. The van der Waals surface area contributed by atoms with E-state index in [1.165, 1.54) is 0 Å². The molecule has 0 aromatic carbocycles. The monoisotopic (exact) mass is 398 g/mol. The molecule has 28 heavy (non-hydrogen) atoms. The van der Waals surface area contributed by atoms with Crippen LogP contribution in [0.1, 0.15) is 0 Å². The lowest BCUT2D eigenvalue weighted by Gasteiger charge is -2.30. The van der Waals surface area contributed by atoms with Gasteiger partial charge in [-0.15, -0.1) is 0 Å². The second kappa shape index (κ2) is 12.5. The fourth-order valence-electron chi connectivity index (χ4n) is 1.53. The van der Waals surface area contributed by atoms with Crippen molar-refractivity contribution in [1.82, 2.24) is 0 Å². The molecular formula is C17H18O11. The van der Waals surface area contributed by atoms with Crippen LogP contribution in [0.25, 0.3) is 0 Å². The van der Waals surface area contributed by atoms with Gasteiger partial charge in [-0.1, -0.05) is 26.3 Å². The van der Waals surface area contributed by atoms with E-state index in [-0.39, 0.29) is 0 Å². The molecule has 0 fully saturated rings. The fraction of sp³-hybridized carbons (Fsp3) is 0.235. The molecule has 0 aromatic heterocycles. The predicted octanol–water partition coefficient (Wildman–Crippen LogP) is 0.661. The zero-order valence-corrected chi connectivity index (χ0v) is 14.6. The van der Waals surface area contributed by atoms with E-state index in [1.807, 2.05) is 0 Å². The average molecular weight is 398 g/mol. The number of carboxylic acid groups (broad SMARTS) is 1. The van der Waals surface area contributed by atoms with Gasteiger partial charge in [0.25, 0.3) is 6.29 Å². The van der Waals surface area contributed by atoms with Gasteiger partial charge in [0.15, 0.2) is 6.10 Å². The highest BCUT2D eigenvalue weighted by Crippen LogP contribution is 2.17. The largest absolute Gasteiger partial charge is 0.509 e. The Morgan fingerprint density at radius 1 is 0.714 bits per heavy atom. The van der Waals surface area contributed by atoms with Crippen LogP contribution in [-0.4, -0.2) is 60.2 Å². The number of carbonyl (C=O) groups excluding carboxylic acids is 4. The zero-order valence-electron chi connectivity index (χ0n) is 14.6. The number of hydrogen-bond donors (Lipinski definition) is 1. The second-order valence-corrected chi connectivity index (χ2v) is 4.51. The van der Waals surface area contributed by atoms with E-state index in [9.17, 15) is 24.0 Å². The summed E-state index contributed by atoms with van der Waals surface area (Å²) in [5, 5.41) is 8.85. The van der Waals surface area contributed by atoms with Gasteiger partial charge in [0.2, 0.25) is 6.10 Å². The van der Waals surface area contributed by atoms with Gasteiger partial charge >= 0.3 is 30.0 Å². The number of esters is 4. The third-order valence-corrected chi connectivity index (χ3v) is 2.66. The molecule has 152 valence electrons. The first-order chi connectivity index (χ1) is 13.2. The van der Waals surface area contributed by atoms with Crippen molar-refractivity contribution in [1.29, 1.82) is 0 Å². The number of carbonyl (C=O) groups is 5. The predicted molar refractivity (Wildman–Crippen MR) is 90.5 cm³/mol. The quantitative estimate of drug-likeness (QED) is 0.213. The summed E-state index contributed by atoms with van der Waals surface area (Å²) in [6.07, 6.45) is -4.69. The van der Waals surface area contributed by atoms with Crippen molar-refractivity contribution >= 4 is 30.0 Å². The van der Waals surface area contributed by atoms with E-state index in [4.69, 9.17) is 24.1 Å². The maximum absolute atomic E-state index is 11.6. The van der Waals surface area contributed by atoms with E-state index in [1.54, 1.807) is 0 Å². The Hall–Kier alpha value is -3.89. The van der Waals surface area contributed by atoms with Crippen LogP contribution in [0, 0.1) is 0 Å². The molecule has 0 radical (unpaired) electrons. The van der Waals surface area contributed by atoms with Crippen LogP contribution in [0.2, 0.25) is 0 Å². The Morgan fingerprint density at radius 2 is 1.18 bits per heavy atom. The molecule has 0 spiro atoms. The fourth-order valence-corrected chi connectivity index (χ4v) is 1.53. The maximum Gasteiger partial charge on any atom is 0.509 e. The first kappa shape index (κ1) is 24.1. The first-order valence-corrected chi connectivity index (χ1v) is 7.36. The summed E-state index contributed by atoms with van der Waals surface area (Å²) in [5.41, 5.74) is 0. The Bertz CT molecular complexity index is 664. The Balaban J connectivity index is 5.96. The number of ether oxygens (including phenoxy) is 5. The molecule has 3 atom stereocenters. The van der Waals surface area contributed by atoms with Crippen molar-refractivity contribution in [3.05, 3.63) is 50.6 Å². The lowest BCUT2D eigenvalue weighted by atomic mass is 10.2. The van der Waals surface area contributed by atoms with Gasteiger partial charge in [0.1, 0.15) is 6.61 Å². The summed E-state index contributed by atoms with van der Waals surface area (Å²) in [6, 6.07) is 0. The van der Waals surface area contributed by atoms with Crippen molar-refractivity contribution in [2.45, 2.75) is 18.5 Å². The SMILES string of the molecule is C=CC(=O)OCC(OC(=O)C=C)C(OC(=O)C=C)C(OC(=O)O)OC(=O)C=C. The second-order valence-electron chi connectivity index (χ2n) is 4.51. The molecule has 0 aliphatic heterocycles. The standard InChI is InChI=1S/C17H18O11/c1-5-11(18)24-9-10(25-12(19)6-2)15(26-13(20)7-3)16(28-17(22)23)27-14(21)8-4/h5-8,10,15-16H,1-4,9H2,(H,22,23). The van der Waals surface area contributed by atoms with Crippen LogP contribution in [-0.2, 0) is 42.9 Å². The minimum Gasteiger partial charge on any atom is -0.458 e. The van der Waals surface area contributed by atoms with Crippen LogP contribution in [0.5, 0.6) is 0 Å². The van der Waals surface area contributed by atoms with Crippen molar-refractivity contribution in [3.63, 3.8) is 0 Å². The summed E-state index contributed by atoms with van der Waals surface area (Å²) < 4.78 is 23.6. The average Bonchev–Trinajstić information content (AvgIpc) is 2.67. The van der Waals surface area contributed by atoms with E-state index in [2.05, 4.69) is 31.1 Å². The van der Waals surface area contributed by atoms with Gasteiger partial charge in [-0.2, -0.15) is 0 Å². The maximum atomic E-state index is 11.6. The van der Waals surface area contributed by atoms with Gasteiger partial charge in [-0.25, -0.2) is 24.0 Å². The summed E-state index contributed by atoms with van der Waals surface area (Å²) in [5.74, 6) is -4.26. The summed E-state index contributed by atoms with van der Waals surface area (Å²) >= 11 is 0. The molecule has 0 bridgehead atoms. The normalized spacial score (nSPS) is 12.7. The molecule has 0 aliphatic rings. The third-order valence-electron chi connectivity index (χ3n) is 2.66. The molecule has 0 saturated heterocycles. The highest BCUT2D eigenvalue weighted by atomic mass is 16.8. The molecule has 0 saturated carbocycles. The molecule has 3 unspecified atom stereocenters. The van der Waals surface area contributed by atoms with Crippen molar-refractivity contribution < 1.29 is 52.8 Å². The summed E-state index contributed by atoms with van der Waals surface area (Å²) in [7, 11) is 0. The smallest absolute Gasteiger partial charge is 0.458 e. The summed E-state index contributed by atoms with van der Waals surface area (Å²) in [6.45, 7) is 11.9. The van der Waals surface area contributed by atoms with Gasteiger partial charge in [-0.3, -0.25) is 0 Å². The zero-order chi connectivity index (χ0) is 21.7. The molecule has 0 aromatic rings. The van der Waals surface area contributed by atoms with Crippen molar-refractivity contribution in [2.24, 2.45) is 0 Å². The van der Waals surface area contributed by atoms with Gasteiger partial charge in [0, 0.05) is 24.3 Å². The topological polar surface area (TPSA) is 152 Å². The van der Waals surface area contributed by atoms with Crippen molar-refractivity contribution in [3.8, 4) is 0 Å². The van der Waals surface area contributed by atoms with Crippen LogP contribution < -0.4 is 0 Å². The Morgan fingerprint density at radius 3 is 1.64 bits per heavy atom. The molecular weight excluding hydrogens is 380 g/mol. The minimum absolute atomic E-state index is 0.674. The number of rotatable bonds is 12. The van der Waals surface area contributed by atoms with Crippen molar-refractivity contribution in [2.75, 3.05) is 6.61 Å². The van der Waals surface area contributed by atoms with Gasteiger partial charge < -0.3 is 28.8 Å². The molecule has 11 nitrogen and oxygen atoms in total. The highest BCUT2D eigenvalue weighted by molar-refractivity contribution is 5.83. The van der Waals surface area contributed by atoms with Gasteiger partial charge in [0.05, 0.1) is 0 Å². The molecule has 0 heterocycles. The van der Waals surface area contributed by atoms with Crippen LogP contribution in [0.3, 0.4) is 0 Å². The highest BCUT2D eigenvalue weighted by Gasteiger charge is 2.41. The van der Waals surface area contributed by atoms with Gasteiger partial charge in [-0.05, 0) is 0 Å². The Kier molecular flexibility index (Phi) is 10.7.